The number of amides is 1. The molecule has 0 spiro atoms. The summed E-state index contributed by atoms with van der Waals surface area (Å²) in [5.41, 5.74) is 6.40. The molecule has 1 saturated heterocycles. The number of nitrogens with one attached hydrogen (secondary N) is 1. The highest BCUT2D eigenvalue weighted by Gasteiger charge is 2.57. The molecule has 2 aromatic carbocycles. The Kier molecular flexibility index (Phi) is 4.05. The first-order valence-corrected chi connectivity index (χ1v) is 10.7. The molecule has 1 amide bonds. The fourth-order valence-electron chi connectivity index (χ4n) is 5.74. The van der Waals surface area contributed by atoms with Gasteiger partial charge in [0.2, 0.25) is 0 Å². The third-order valence-electron chi connectivity index (χ3n) is 8.04. The third kappa shape index (κ3) is 2.47. The Bertz CT molecular complexity index is 1160. The molecule has 5 heteroatoms. The van der Waals surface area contributed by atoms with Gasteiger partial charge in [0.25, 0.3) is 5.91 Å². The number of carbonyl (C=O) groups excluding carboxylic acids is 1. The van der Waals surface area contributed by atoms with Crippen molar-refractivity contribution in [3.05, 3.63) is 58.9 Å². The first kappa shape index (κ1) is 19.2. The van der Waals surface area contributed by atoms with Gasteiger partial charge in [-0.15, -0.1) is 0 Å². The molecule has 30 heavy (non-hydrogen) atoms. The van der Waals surface area contributed by atoms with Crippen molar-refractivity contribution >= 4 is 16.9 Å². The highest BCUT2D eigenvalue weighted by molar-refractivity contribution is 5.97. The number of aryl methyl sites for hydroxylation is 1. The summed E-state index contributed by atoms with van der Waals surface area (Å²) in [6, 6.07) is 10.4. The van der Waals surface area contributed by atoms with Gasteiger partial charge in [-0.3, -0.25) is 4.79 Å². The van der Waals surface area contributed by atoms with Crippen LogP contribution >= 0.6 is 0 Å². The molecule has 1 unspecified atom stereocenters. The number of methoxy groups -OCH3 is 1. The SMILES string of the molecule is COc1cc2c(cc1C)[C@]1(C)CCN(C(=O)c3ccc4nc[nH]c4c3)C(C2)C1(C)C. The Morgan fingerprint density at radius 1 is 1.23 bits per heavy atom. The van der Waals surface area contributed by atoms with Gasteiger partial charge in [0, 0.05) is 23.6 Å². The lowest BCUT2D eigenvalue weighted by atomic mass is 9.51. The molecule has 0 saturated carbocycles. The maximum Gasteiger partial charge on any atom is 0.254 e. The second-order valence-electron chi connectivity index (χ2n) is 9.64. The molecule has 1 fully saturated rings. The van der Waals surface area contributed by atoms with Crippen LogP contribution in [0.1, 0.15) is 54.2 Å². The van der Waals surface area contributed by atoms with Crippen molar-refractivity contribution in [3.63, 3.8) is 0 Å². The van der Waals surface area contributed by atoms with Crippen molar-refractivity contribution in [1.29, 1.82) is 0 Å². The third-order valence-corrected chi connectivity index (χ3v) is 8.04. The number of carbonyl (C=O) groups is 1. The standard InChI is InChI=1S/C25H29N3O2/c1-15-10-18-17(12-21(15)30-5)13-22-24(2,3)25(18,4)8-9-28(22)23(29)16-6-7-19-20(11-16)27-14-26-19/h6-7,10-12,14,22H,8-9,13H2,1-5H3,(H,26,27)/t22?,25-/m0/s1. The van der Waals surface area contributed by atoms with E-state index in [9.17, 15) is 4.79 Å². The number of nitrogens with zero attached hydrogens (tertiary/aromatic N) is 2. The summed E-state index contributed by atoms with van der Waals surface area (Å²) in [7, 11) is 1.73. The summed E-state index contributed by atoms with van der Waals surface area (Å²) >= 11 is 0. The van der Waals surface area contributed by atoms with Crippen molar-refractivity contribution in [2.75, 3.05) is 13.7 Å². The van der Waals surface area contributed by atoms with Crippen molar-refractivity contribution in [2.45, 2.75) is 52.0 Å². The van der Waals surface area contributed by atoms with E-state index >= 15 is 0 Å². The highest BCUT2D eigenvalue weighted by atomic mass is 16.5. The molecule has 2 heterocycles. The number of piperidine rings is 1. The fourth-order valence-corrected chi connectivity index (χ4v) is 5.74. The monoisotopic (exact) mass is 403 g/mol. The molecule has 1 N–H and O–H groups in total. The van der Waals surface area contributed by atoms with E-state index in [1.54, 1.807) is 13.4 Å². The smallest absolute Gasteiger partial charge is 0.254 e. The summed E-state index contributed by atoms with van der Waals surface area (Å²) in [5.74, 6) is 1.03. The maximum atomic E-state index is 13.6. The minimum absolute atomic E-state index is 0.0202. The molecule has 2 aliphatic rings. The van der Waals surface area contributed by atoms with Crippen LogP contribution in [0.25, 0.3) is 11.0 Å². The van der Waals surface area contributed by atoms with Gasteiger partial charge in [0.05, 0.1) is 24.5 Å². The minimum atomic E-state index is -0.0347. The zero-order valence-corrected chi connectivity index (χ0v) is 18.4. The minimum Gasteiger partial charge on any atom is -0.496 e. The first-order valence-electron chi connectivity index (χ1n) is 10.7. The number of hydrogen-bond donors (Lipinski definition) is 1. The Morgan fingerprint density at radius 3 is 2.80 bits per heavy atom. The summed E-state index contributed by atoms with van der Waals surface area (Å²) in [5, 5.41) is 0. The molecule has 2 atom stereocenters. The topological polar surface area (TPSA) is 58.2 Å². The zero-order valence-electron chi connectivity index (χ0n) is 18.4. The zero-order chi connectivity index (χ0) is 21.3. The molecule has 2 bridgehead atoms. The second-order valence-corrected chi connectivity index (χ2v) is 9.64. The molecule has 5 nitrogen and oxygen atoms in total. The summed E-state index contributed by atoms with van der Waals surface area (Å²) in [6.07, 6.45) is 3.47. The van der Waals surface area contributed by atoms with Crippen LogP contribution in [-0.2, 0) is 11.8 Å². The van der Waals surface area contributed by atoms with E-state index in [0.29, 0.717) is 0 Å². The van der Waals surface area contributed by atoms with E-state index in [1.165, 1.54) is 16.7 Å². The Morgan fingerprint density at radius 2 is 2.03 bits per heavy atom. The van der Waals surface area contributed by atoms with Crippen LogP contribution in [0, 0.1) is 12.3 Å². The molecule has 0 radical (unpaired) electrons. The first-order chi connectivity index (χ1) is 14.3. The molecule has 3 aromatic rings. The Balaban J connectivity index is 1.57. The van der Waals surface area contributed by atoms with E-state index in [1.807, 2.05) is 18.2 Å². The predicted octanol–water partition coefficient (Wildman–Crippen LogP) is 4.63. The van der Waals surface area contributed by atoms with Crippen LogP contribution in [0.2, 0.25) is 0 Å². The van der Waals surface area contributed by atoms with E-state index in [4.69, 9.17) is 4.74 Å². The van der Waals surface area contributed by atoms with Crippen LogP contribution in [0.15, 0.2) is 36.7 Å². The van der Waals surface area contributed by atoms with Crippen LogP contribution < -0.4 is 4.74 Å². The largest absolute Gasteiger partial charge is 0.496 e. The van der Waals surface area contributed by atoms with E-state index in [2.05, 4.69) is 54.7 Å². The number of rotatable bonds is 2. The molecule has 5 rings (SSSR count). The average Bonchev–Trinajstić information content (AvgIpc) is 3.18. The number of benzene rings is 2. The highest BCUT2D eigenvalue weighted by Crippen LogP contribution is 2.56. The van der Waals surface area contributed by atoms with Crippen LogP contribution in [0.4, 0.5) is 0 Å². The Hall–Kier alpha value is -2.82. The fraction of sp³-hybridized carbons (Fsp3) is 0.440. The molecular weight excluding hydrogens is 374 g/mol. The van der Waals surface area contributed by atoms with Crippen molar-refractivity contribution in [3.8, 4) is 5.75 Å². The quantitative estimate of drug-likeness (QED) is 0.678. The van der Waals surface area contributed by atoms with Gasteiger partial charge in [0.1, 0.15) is 5.75 Å². The van der Waals surface area contributed by atoms with Crippen molar-refractivity contribution < 1.29 is 9.53 Å². The lowest BCUT2D eigenvalue weighted by Crippen LogP contribution is -2.64. The van der Waals surface area contributed by atoms with Gasteiger partial charge in [-0.2, -0.15) is 0 Å². The van der Waals surface area contributed by atoms with Gasteiger partial charge >= 0.3 is 0 Å². The number of ether oxygens (including phenoxy) is 1. The van der Waals surface area contributed by atoms with Gasteiger partial charge in [-0.1, -0.05) is 26.8 Å². The van der Waals surface area contributed by atoms with Gasteiger partial charge in [-0.25, -0.2) is 4.98 Å². The number of aromatic amines is 1. The van der Waals surface area contributed by atoms with Gasteiger partial charge < -0.3 is 14.6 Å². The van der Waals surface area contributed by atoms with Crippen LogP contribution in [0.3, 0.4) is 0 Å². The Labute approximate surface area is 177 Å². The molecule has 1 aliphatic carbocycles. The van der Waals surface area contributed by atoms with E-state index in [-0.39, 0.29) is 22.8 Å². The molecule has 156 valence electrons. The van der Waals surface area contributed by atoms with Crippen LogP contribution in [-0.4, -0.2) is 40.5 Å². The number of H-pyrrole nitrogens is 1. The van der Waals surface area contributed by atoms with Crippen molar-refractivity contribution in [1.82, 2.24) is 14.9 Å². The maximum absolute atomic E-state index is 13.6. The van der Waals surface area contributed by atoms with Crippen molar-refractivity contribution in [2.24, 2.45) is 5.41 Å². The normalized spacial score (nSPS) is 24.6. The number of likely N-dealkylation sites (tertiary alicyclic amines) is 1. The lowest BCUT2D eigenvalue weighted by molar-refractivity contribution is -0.0262. The number of hydrogen-bond acceptors (Lipinski definition) is 3. The van der Waals surface area contributed by atoms with Gasteiger partial charge in [-0.05, 0) is 66.1 Å². The summed E-state index contributed by atoms with van der Waals surface area (Å²) < 4.78 is 5.61. The number of imidazole rings is 1. The lowest BCUT2D eigenvalue weighted by Gasteiger charge is -2.61. The molecular formula is C25H29N3O2. The summed E-state index contributed by atoms with van der Waals surface area (Å²) in [4.78, 5) is 23.1. The predicted molar refractivity (Wildman–Crippen MR) is 118 cm³/mol. The summed E-state index contributed by atoms with van der Waals surface area (Å²) in [6.45, 7) is 9.93. The molecule has 1 aromatic heterocycles. The molecule has 1 aliphatic heterocycles. The van der Waals surface area contributed by atoms with Gasteiger partial charge in [0.15, 0.2) is 0 Å². The van der Waals surface area contributed by atoms with E-state index < -0.39 is 0 Å². The van der Waals surface area contributed by atoms with E-state index in [0.717, 1.165) is 41.7 Å². The number of fused-ring (bicyclic) bond motifs is 5. The average molecular weight is 404 g/mol. The van der Waals surface area contributed by atoms with Crippen LogP contribution in [0.5, 0.6) is 5.75 Å². The number of aromatic nitrogens is 2. The second kappa shape index (κ2) is 6.34.